The maximum atomic E-state index is 12.0. The van der Waals surface area contributed by atoms with Crippen LogP contribution in [0.25, 0.3) is 0 Å². The summed E-state index contributed by atoms with van der Waals surface area (Å²) in [6.45, 7) is 7.30. The van der Waals surface area contributed by atoms with Gasteiger partial charge in [0.2, 0.25) is 5.91 Å². The number of rotatable bonds is 8. The summed E-state index contributed by atoms with van der Waals surface area (Å²) in [6.07, 6.45) is 2.65. The van der Waals surface area contributed by atoms with Crippen LogP contribution in [-0.4, -0.2) is 19.1 Å². The number of ether oxygens (including phenoxy) is 1. The van der Waals surface area contributed by atoms with Crippen molar-refractivity contribution in [1.29, 1.82) is 0 Å². The Bertz CT molecular complexity index is 662. The van der Waals surface area contributed by atoms with Gasteiger partial charge >= 0.3 is 0 Å². The van der Waals surface area contributed by atoms with Crippen LogP contribution in [0, 0.1) is 13.8 Å². The Hall–Kier alpha value is -2.29. The lowest BCUT2D eigenvalue weighted by Crippen LogP contribution is -2.29. The van der Waals surface area contributed by atoms with Gasteiger partial charge in [-0.1, -0.05) is 43.7 Å². The van der Waals surface area contributed by atoms with E-state index in [1.165, 1.54) is 16.7 Å². The van der Waals surface area contributed by atoms with Gasteiger partial charge in [-0.25, -0.2) is 0 Å². The van der Waals surface area contributed by atoms with Crippen LogP contribution in [0.2, 0.25) is 0 Å². The van der Waals surface area contributed by atoms with Crippen LogP contribution in [-0.2, 0) is 17.6 Å². The number of hydrogen-bond donors (Lipinski definition) is 1. The molecule has 0 aromatic heterocycles. The normalized spacial score (nSPS) is 10.5. The molecule has 0 saturated heterocycles. The van der Waals surface area contributed by atoms with Crippen molar-refractivity contribution in [3.63, 3.8) is 0 Å². The molecule has 1 amide bonds. The summed E-state index contributed by atoms with van der Waals surface area (Å²) in [4.78, 5) is 12.0. The minimum Gasteiger partial charge on any atom is -0.492 e. The molecule has 0 heterocycles. The summed E-state index contributed by atoms with van der Waals surface area (Å²) in [5.41, 5.74) is 4.84. The topological polar surface area (TPSA) is 38.3 Å². The minimum absolute atomic E-state index is 0.0279. The second-order valence-electron chi connectivity index (χ2n) is 6.19. The molecule has 2 aromatic carbocycles. The van der Waals surface area contributed by atoms with E-state index in [0.29, 0.717) is 19.6 Å². The number of nitrogens with one attached hydrogen (secondary N) is 1. The second-order valence-corrected chi connectivity index (χ2v) is 6.19. The molecule has 0 saturated carbocycles. The van der Waals surface area contributed by atoms with E-state index in [1.807, 2.05) is 18.2 Å². The van der Waals surface area contributed by atoms with E-state index in [4.69, 9.17) is 4.74 Å². The zero-order chi connectivity index (χ0) is 17.4. The van der Waals surface area contributed by atoms with Gasteiger partial charge in [0.1, 0.15) is 12.4 Å². The molecule has 3 heteroatoms. The van der Waals surface area contributed by atoms with Crippen molar-refractivity contribution in [3.8, 4) is 5.75 Å². The first-order valence-corrected chi connectivity index (χ1v) is 8.63. The Morgan fingerprint density at radius 1 is 1.00 bits per heavy atom. The van der Waals surface area contributed by atoms with Gasteiger partial charge in [-0.05, 0) is 54.7 Å². The third kappa shape index (κ3) is 5.73. The van der Waals surface area contributed by atoms with E-state index in [2.05, 4.69) is 50.4 Å². The van der Waals surface area contributed by atoms with E-state index >= 15 is 0 Å². The highest BCUT2D eigenvalue weighted by molar-refractivity contribution is 5.78. The number of benzene rings is 2. The molecule has 0 aliphatic carbocycles. The molecule has 0 aliphatic heterocycles. The fraction of sp³-hybridized carbons (Fsp3) is 0.381. The highest BCUT2D eigenvalue weighted by atomic mass is 16.5. The summed E-state index contributed by atoms with van der Waals surface area (Å²) in [5, 5.41) is 2.90. The Labute approximate surface area is 145 Å². The van der Waals surface area contributed by atoms with Gasteiger partial charge in [-0.3, -0.25) is 4.79 Å². The van der Waals surface area contributed by atoms with Gasteiger partial charge < -0.3 is 10.1 Å². The molecule has 0 fully saturated rings. The van der Waals surface area contributed by atoms with Crippen molar-refractivity contribution in [2.24, 2.45) is 0 Å². The van der Waals surface area contributed by atoms with Crippen LogP contribution in [0.15, 0.2) is 42.5 Å². The van der Waals surface area contributed by atoms with Gasteiger partial charge in [-0.15, -0.1) is 0 Å². The maximum Gasteiger partial charge on any atom is 0.224 e. The molecule has 0 unspecified atom stereocenters. The van der Waals surface area contributed by atoms with Gasteiger partial charge in [0, 0.05) is 0 Å². The molecule has 3 nitrogen and oxygen atoms in total. The van der Waals surface area contributed by atoms with Crippen molar-refractivity contribution in [2.75, 3.05) is 13.2 Å². The van der Waals surface area contributed by atoms with E-state index in [1.54, 1.807) is 0 Å². The Morgan fingerprint density at radius 3 is 2.38 bits per heavy atom. The maximum absolute atomic E-state index is 12.0. The fourth-order valence-corrected chi connectivity index (χ4v) is 2.56. The Morgan fingerprint density at radius 2 is 1.71 bits per heavy atom. The SMILES string of the molecule is CCCc1ccc(OCCNC(=O)Cc2ccc(C)c(C)c2)cc1. The van der Waals surface area contributed by atoms with Crippen molar-refractivity contribution < 1.29 is 9.53 Å². The first-order valence-electron chi connectivity index (χ1n) is 8.63. The third-order valence-corrected chi connectivity index (χ3v) is 4.09. The van der Waals surface area contributed by atoms with E-state index in [9.17, 15) is 4.79 Å². The van der Waals surface area contributed by atoms with Crippen molar-refractivity contribution in [3.05, 3.63) is 64.7 Å². The zero-order valence-corrected chi connectivity index (χ0v) is 14.9. The van der Waals surface area contributed by atoms with Crippen LogP contribution >= 0.6 is 0 Å². The van der Waals surface area contributed by atoms with Gasteiger partial charge in [0.15, 0.2) is 0 Å². The Balaban J connectivity index is 1.69. The second kappa shape index (κ2) is 9.11. The molecule has 0 bridgehead atoms. The molecule has 128 valence electrons. The summed E-state index contributed by atoms with van der Waals surface area (Å²) in [5.74, 6) is 0.874. The molecule has 2 aromatic rings. The molecule has 0 radical (unpaired) electrons. The van der Waals surface area contributed by atoms with Crippen LogP contribution in [0.1, 0.15) is 35.6 Å². The smallest absolute Gasteiger partial charge is 0.224 e. The average molecular weight is 325 g/mol. The minimum atomic E-state index is 0.0279. The monoisotopic (exact) mass is 325 g/mol. The fourth-order valence-electron chi connectivity index (χ4n) is 2.56. The molecule has 0 aliphatic rings. The quantitative estimate of drug-likeness (QED) is 0.745. The molecule has 24 heavy (non-hydrogen) atoms. The number of carbonyl (C=O) groups is 1. The molecule has 0 spiro atoms. The lowest BCUT2D eigenvalue weighted by Gasteiger charge is -2.09. The van der Waals surface area contributed by atoms with Crippen LogP contribution in [0.3, 0.4) is 0 Å². The molecular weight excluding hydrogens is 298 g/mol. The highest BCUT2D eigenvalue weighted by Crippen LogP contribution is 2.13. The van der Waals surface area contributed by atoms with Crippen LogP contribution in [0.4, 0.5) is 0 Å². The van der Waals surface area contributed by atoms with Crippen molar-refractivity contribution >= 4 is 5.91 Å². The molecular formula is C21H27NO2. The predicted molar refractivity (Wildman–Crippen MR) is 98.6 cm³/mol. The molecule has 1 N–H and O–H groups in total. The molecule has 0 atom stereocenters. The summed E-state index contributed by atoms with van der Waals surface area (Å²) < 4.78 is 5.66. The number of aryl methyl sites for hydroxylation is 3. The summed E-state index contributed by atoms with van der Waals surface area (Å²) in [6, 6.07) is 14.3. The van der Waals surface area contributed by atoms with E-state index in [0.717, 1.165) is 24.2 Å². The summed E-state index contributed by atoms with van der Waals surface area (Å²) in [7, 11) is 0. The van der Waals surface area contributed by atoms with Gasteiger partial charge in [0.25, 0.3) is 0 Å². The van der Waals surface area contributed by atoms with E-state index < -0.39 is 0 Å². The third-order valence-electron chi connectivity index (χ3n) is 4.09. The van der Waals surface area contributed by atoms with Crippen LogP contribution in [0.5, 0.6) is 5.75 Å². The Kier molecular flexibility index (Phi) is 6.86. The molecule has 2 rings (SSSR count). The zero-order valence-electron chi connectivity index (χ0n) is 14.9. The average Bonchev–Trinajstić information content (AvgIpc) is 2.57. The lowest BCUT2D eigenvalue weighted by atomic mass is 10.0. The van der Waals surface area contributed by atoms with Crippen LogP contribution < -0.4 is 10.1 Å². The largest absolute Gasteiger partial charge is 0.492 e. The number of carbonyl (C=O) groups excluding carboxylic acids is 1. The first-order chi connectivity index (χ1) is 11.6. The number of hydrogen-bond acceptors (Lipinski definition) is 2. The first kappa shape index (κ1) is 18.1. The standard InChI is InChI=1S/C21H27NO2/c1-4-5-18-8-10-20(11-9-18)24-13-12-22-21(23)15-19-7-6-16(2)17(3)14-19/h6-11,14H,4-5,12-13,15H2,1-3H3,(H,22,23). The van der Waals surface area contributed by atoms with Crippen molar-refractivity contribution in [2.45, 2.75) is 40.0 Å². The van der Waals surface area contributed by atoms with E-state index in [-0.39, 0.29) is 5.91 Å². The summed E-state index contributed by atoms with van der Waals surface area (Å²) >= 11 is 0. The number of amides is 1. The van der Waals surface area contributed by atoms with Gasteiger partial charge in [-0.2, -0.15) is 0 Å². The predicted octanol–water partition coefficient (Wildman–Crippen LogP) is 3.99. The van der Waals surface area contributed by atoms with Gasteiger partial charge in [0.05, 0.1) is 13.0 Å². The highest BCUT2D eigenvalue weighted by Gasteiger charge is 2.04. The lowest BCUT2D eigenvalue weighted by molar-refractivity contribution is -0.120. The van der Waals surface area contributed by atoms with Crippen molar-refractivity contribution in [1.82, 2.24) is 5.32 Å².